The van der Waals surface area contributed by atoms with Gasteiger partial charge in [-0.3, -0.25) is 4.79 Å². The highest BCUT2D eigenvalue weighted by Crippen LogP contribution is 2.24. The Hall–Kier alpha value is -2.67. The van der Waals surface area contributed by atoms with Crippen molar-refractivity contribution >= 4 is 34.4 Å². The highest BCUT2D eigenvalue weighted by Gasteiger charge is 2.25. The number of amides is 1. The molecule has 132 valence electrons. The number of rotatable bonds is 3. The van der Waals surface area contributed by atoms with Crippen molar-refractivity contribution in [3.8, 4) is 0 Å². The average molecular weight is 365 g/mol. The van der Waals surface area contributed by atoms with Crippen LogP contribution in [-0.2, 0) is 0 Å². The molecule has 0 saturated carbocycles. The molecule has 6 nitrogen and oxygen atoms in total. The molecule has 1 aliphatic heterocycles. The Balaban J connectivity index is 1.51. The summed E-state index contributed by atoms with van der Waals surface area (Å²) in [6.45, 7) is 2.84. The van der Waals surface area contributed by atoms with E-state index in [-0.39, 0.29) is 5.91 Å². The predicted molar refractivity (Wildman–Crippen MR) is 104 cm³/mol. The van der Waals surface area contributed by atoms with Gasteiger partial charge in [-0.1, -0.05) is 12.1 Å². The number of anilines is 1. The van der Waals surface area contributed by atoms with Gasteiger partial charge >= 0.3 is 0 Å². The number of pyridine rings is 1. The zero-order valence-corrected chi connectivity index (χ0v) is 15.3. The molecular weight excluding hydrogens is 346 g/mol. The Morgan fingerprint density at radius 1 is 1.00 bits per heavy atom. The fourth-order valence-electron chi connectivity index (χ4n) is 3.25. The topological polar surface area (TPSA) is 62.2 Å². The second-order valence-electron chi connectivity index (χ2n) is 6.05. The Kier molecular flexibility index (Phi) is 4.71. The highest BCUT2D eigenvalue weighted by molar-refractivity contribution is 7.98. The molecule has 4 rings (SSSR count). The summed E-state index contributed by atoms with van der Waals surface area (Å²) >= 11 is 1.50. The van der Waals surface area contributed by atoms with E-state index < -0.39 is 0 Å². The molecule has 1 amide bonds. The van der Waals surface area contributed by atoms with Crippen LogP contribution in [0.15, 0.2) is 53.9 Å². The fourth-order valence-corrected chi connectivity index (χ4v) is 3.79. The lowest BCUT2D eigenvalue weighted by Crippen LogP contribution is -2.49. The van der Waals surface area contributed by atoms with Crippen LogP contribution in [-0.4, -0.2) is 58.2 Å². The first-order chi connectivity index (χ1) is 12.8. The number of carbonyl (C=O) groups excluding carboxylic acids is 1. The van der Waals surface area contributed by atoms with Crippen LogP contribution >= 0.6 is 11.8 Å². The van der Waals surface area contributed by atoms with E-state index >= 15 is 0 Å². The van der Waals surface area contributed by atoms with Crippen molar-refractivity contribution in [2.75, 3.05) is 37.3 Å². The maximum absolute atomic E-state index is 12.9. The molecule has 0 spiro atoms. The van der Waals surface area contributed by atoms with Crippen LogP contribution in [0.1, 0.15) is 10.4 Å². The molecule has 26 heavy (non-hydrogen) atoms. The van der Waals surface area contributed by atoms with E-state index in [0.717, 1.165) is 34.8 Å². The van der Waals surface area contributed by atoms with Crippen LogP contribution in [0.5, 0.6) is 0 Å². The first-order valence-corrected chi connectivity index (χ1v) is 9.73. The van der Waals surface area contributed by atoms with Crippen molar-refractivity contribution in [3.63, 3.8) is 0 Å². The monoisotopic (exact) mass is 365 g/mol. The van der Waals surface area contributed by atoms with Gasteiger partial charge in [-0.05, 0) is 30.5 Å². The third kappa shape index (κ3) is 3.10. The van der Waals surface area contributed by atoms with E-state index in [9.17, 15) is 4.79 Å². The van der Waals surface area contributed by atoms with Gasteiger partial charge in [0.2, 0.25) is 0 Å². The first-order valence-electron chi connectivity index (χ1n) is 8.51. The quantitative estimate of drug-likeness (QED) is 0.665. The number of para-hydroxylation sites is 1. The third-order valence-corrected chi connectivity index (χ3v) is 5.30. The van der Waals surface area contributed by atoms with E-state index in [1.165, 1.54) is 11.8 Å². The van der Waals surface area contributed by atoms with E-state index in [4.69, 9.17) is 0 Å². The Morgan fingerprint density at radius 3 is 2.62 bits per heavy atom. The van der Waals surface area contributed by atoms with Crippen molar-refractivity contribution in [3.05, 3.63) is 54.5 Å². The summed E-state index contributed by atoms with van der Waals surface area (Å²) in [4.78, 5) is 30.1. The van der Waals surface area contributed by atoms with Gasteiger partial charge in [0.15, 0.2) is 0 Å². The largest absolute Gasteiger partial charge is 0.352 e. The molecule has 1 aromatic carbocycles. The van der Waals surface area contributed by atoms with Crippen LogP contribution in [0, 0.1) is 0 Å². The van der Waals surface area contributed by atoms with Crippen molar-refractivity contribution in [2.45, 2.75) is 5.03 Å². The molecule has 7 heteroatoms. The number of aromatic nitrogens is 3. The van der Waals surface area contributed by atoms with Crippen LogP contribution in [0.25, 0.3) is 10.9 Å². The standard InChI is InChI=1S/C19H19N5OS/c1-26-18-15(6-4-8-20-18)19(25)24-11-9-23(10-12-24)17-14-5-2-3-7-16(14)21-13-22-17/h2-8,13H,9-12H2,1H3. The number of thioether (sulfide) groups is 1. The molecule has 1 saturated heterocycles. The van der Waals surface area contributed by atoms with Gasteiger partial charge < -0.3 is 9.80 Å². The molecule has 0 bridgehead atoms. The normalized spacial score (nSPS) is 14.7. The zero-order valence-electron chi connectivity index (χ0n) is 14.5. The van der Waals surface area contributed by atoms with Crippen LogP contribution in [0.4, 0.5) is 5.82 Å². The smallest absolute Gasteiger partial charge is 0.256 e. The van der Waals surface area contributed by atoms with Gasteiger partial charge in [0.05, 0.1) is 11.1 Å². The Morgan fingerprint density at radius 2 is 1.81 bits per heavy atom. The lowest BCUT2D eigenvalue weighted by molar-refractivity contribution is 0.0742. The molecule has 1 aliphatic rings. The number of fused-ring (bicyclic) bond motifs is 1. The highest BCUT2D eigenvalue weighted by atomic mass is 32.2. The minimum atomic E-state index is 0.0506. The van der Waals surface area contributed by atoms with Gasteiger partial charge in [-0.15, -0.1) is 11.8 Å². The predicted octanol–water partition coefficient (Wildman–Crippen LogP) is 2.71. The number of piperazine rings is 1. The second-order valence-corrected chi connectivity index (χ2v) is 6.85. The molecule has 3 heterocycles. The van der Waals surface area contributed by atoms with E-state index in [1.54, 1.807) is 12.5 Å². The van der Waals surface area contributed by atoms with E-state index in [0.29, 0.717) is 18.7 Å². The van der Waals surface area contributed by atoms with Gasteiger partial charge in [0, 0.05) is 37.8 Å². The van der Waals surface area contributed by atoms with E-state index in [1.807, 2.05) is 47.6 Å². The number of hydrogen-bond acceptors (Lipinski definition) is 6. The van der Waals surface area contributed by atoms with Crippen molar-refractivity contribution in [1.29, 1.82) is 0 Å². The average Bonchev–Trinajstić information content (AvgIpc) is 2.73. The summed E-state index contributed by atoms with van der Waals surface area (Å²) in [5.41, 5.74) is 1.62. The third-order valence-electron chi connectivity index (χ3n) is 4.58. The molecule has 3 aromatic rings. The van der Waals surface area contributed by atoms with Crippen molar-refractivity contribution in [1.82, 2.24) is 19.9 Å². The summed E-state index contributed by atoms with van der Waals surface area (Å²) in [5, 5.41) is 1.83. The maximum atomic E-state index is 12.9. The summed E-state index contributed by atoms with van der Waals surface area (Å²) in [6.07, 6.45) is 5.27. The van der Waals surface area contributed by atoms with Gasteiger partial charge in [-0.25, -0.2) is 15.0 Å². The SMILES string of the molecule is CSc1ncccc1C(=O)N1CCN(c2ncnc3ccccc23)CC1. The molecule has 0 radical (unpaired) electrons. The molecule has 0 unspecified atom stereocenters. The first kappa shape index (κ1) is 16.8. The molecule has 0 N–H and O–H groups in total. The summed E-state index contributed by atoms with van der Waals surface area (Å²) < 4.78 is 0. The van der Waals surface area contributed by atoms with Gasteiger partial charge in [-0.2, -0.15) is 0 Å². The minimum absolute atomic E-state index is 0.0506. The summed E-state index contributed by atoms with van der Waals surface area (Å²) in [6, 6.07) is 11.7. The molecule has 0 atom stereocenters. The maximum Gasteiger partial charge on any atom is 0.256 e. The second kappa shape index (κ2) is 7.29. The number of carbonyl (C=O) groups is 1. The van der Waals surface area contributed by atoms with Crippen LogP contribution in [0.3, 0.4) is 0 Å². The number of nitrogens with zero attached hydrogens (tertiary/aromatic N) is 5. The Bertz CT molecular complexity index is 935. The number of hydrogen-bond donors (Lipinski definition) is 0. The molecule has 1 fully saturated rings. The molecular formula is C19H19N5OS. The van der Waals surface area contributed by atoms with Crippen LogP contribution < -0.4 is 4.90 Å². The summed E-state index contributed by atoms with van der Waals surface area (Å²) in [7, 11) is 0. The van der Waals surface area contributed by atoms with Crippen LogP contribution in [0.2, 0.25) is 0 Å². The van der Waals surface area contributed by atoms with Gasteiger partial charge in [0.25, 0.3) is 5.91 Å². The van der Waals surface area contributed by atoms with E-state index in [2.05, 4.69) is 19.9 Å². The lowest BCUT2D eigenvalue weighted by atomic mass is 10.2. The van der Waals surface area contributed by atoms with Crippen molar-refractivity contribution < 1.29 is 4.79 Å². The van der Waals surface area contributed by atoms with Gasteiger partial charge in [0.1, 0.15) is 17.2 Å². The van der Waals surface area contributed by atoms with Crippen molar-refractivity contribution in [2.24, 2.45) is 0 Å². The summed E-state index contributed by atoms with van der Waals surface area (Å²) in [5.74, 6) is 0.989. The molecule has 2 aromatic heterocycles. The molecule has 0 aliphatic carbocycles. The lowest BCUT2D eigenvalue weighted by Gasteiger charge is -2.36. The minimum Gasteiger partial charge on any atom is -0.352 e. The fraction of sp³-hybridized carbons (Fsp3) is 0.263. The Labute approximate surface area is 156 Å². The zero-order chi connectivity index (χ0) is 17.9. The number of benzene rings is 1.